The fraction of sp³-hybridized carbons (Fsp3) is 0.125. The van der Waals surface area contributed by atoms with Gasteiger partial charge in [0.15, 0.2) is 17.4 Å². The second-order valence-electron chi connectivity index (χ2n) is 2.62. The van der Waals surface area contributed by atoms with Gasteiger partial charge in [0, 0.05) is 5.56 Å². The van der Waals surface area contributed by atoms with Crippen LogP contribution in [0.5, 0.6) is 5.75 Å². The van der Waals surface area contributed by atoms with E-state index in [1.165, 1.54) is 0 Å². The van der Waals surface area contributed by atoms with E-state index in [2.05, 4.69) is 0 Å². The topological polar surface area (TPSA) is 37.3 Å². The minimum absolute atomic E-state index is 0.119. The molecule has 0 aliphatic carbocycles. The molecular weight excluding hydrogens is 223 g/mol. The van der Waals surface area contributed by atoms with E-state index in [4.69, 9.17) is 5.11 Å². The third-order valence-corrected chi connectivity index (χ3v) is 1.54. The largest absolute Gasteiger partial charge is 0.503 e. The van der Waals surface area contributed by atoms with Crippen LogP contribution in [0, 0.1) is 11.6 Å². The molecule has 7 heteroatoms. The third kappa shape index (κ3) is 2.23. The summed E-state index contributed by atoms with van der Waals surface area (Å²) >= 11 is 0. The lowest BCUT2D eigenvalue weighted by molar-refractivity contribution is -0.0885. The predicted octanol–water partition coefficient (Wildman–Crippen LogP) is 2.42. The smallest absolute Gasteiger partial charge is 0.454 e. The minimum atomic E-state index is -5.21. The van der Waals surface area contributed by atoms with Crippen LogP contribution in [0.25, 0.3) is 0 Å². The summed E-state index contributed by atoms with van der Waals surface area (Å²) in [6.45, 7) is 0. The van der Waals surface area contributed by atoms with Crippen molar-refractivity contribution in [2.45, 2.75) is 6.18 Å². The molecule has 0 amide bonds. The molecule has 0 fully saturated rings. The van der Waals surface area contributed by atoms with Crippen LogP contribution in [0.2, 0.25) is 0 Å². The number of alkyl halides is 3. The Balaban J connectivity index is 3.24. The number of phenols is 1. The monoisotopic (exact) mass is 226 g/mol. The number of carbonyl (C=O) groups excluding carboxylic acids is 1. The number of rotatable bonds is 1. The number of Topliss-reactive ketones (excluding diaryl/α,β-unsaturated/α-hetero) is 1. The van der Waals surface area contributed by atoms with Crippen molar-refractivity contribution in [1.82, 2.24) is 0 Å². The van der Waals surface area contributed by atoms with E-state index < -0.39 is 34.9 Å². The first-order valence-electron chi connectivity index (χ1n) is 3.53. The Morgan fingerprint density at radius 2 is 1.53 bits per heavy atom. The molecule has 0 aromatic heterocycles. The first kappa shape index (κ1) is 11.4. The maximum atomic E-state index is 12.6. The average Bonchev–Trinajstić information content (AvgIpc) is 2.10. The summed E-state index contributed by atoms with van der Waals surface area (Å²) in [5.74, 6) is -7.04. The molecule has 0 saturated heterocycles. The molecule has 2 nitrogen and oxygen atoms in total. The van der Waals surface area contributed by atoms with Crippen LogP contribution in [0.4, 0.5) is 22.0 Å². The zero-order chi connectivity index (χ0) is 11.8. The van der Waals surface area contributed by atoms with Crippen LogP contribution in [0.1, 0.15) is 10.4 Å². The molecule has 0 unspecified atom stereocenters. The van der Waals surface area contributed by atoms with Gasteiger partial charge in [-0.2, -0.15) is 13.2 Å². The van der Waals surface area contributed by atoms with Gasteiger partial charge in [-0.15, -0.1) is 0 Å². The van der Waals surface area contributed by atoms with Crippen molar-refractivity contribution in [3.05, 3.63) is 29.3 Å². The molecule has 1 aromatic carbocycles. The van der Waals surface area contributed by atoms with Gasteiger partial charge in [-0.05, 0) is 12.1 Å². The lowest BCUT2D eigenvalue weighted by Crippen LogP contribution is -2.23. The highest BCUT2D eigenvalue weighted by molar-refractivity contribution is 6.00. The van der Waals surface area contributed by atoms with Gasteiger partial charge in [-0.25, -0.2) is 8.78 Å². The van der Waals surface area contributed by atoms with Crippen LogP contribution in [0.15, 0.2) is 12.1 Å². The molecule has 0 atom stereocenters. The van der Waals surface area contributed by atoms with E-state index in [0.29, 0.717) is 0 Å². The number of hydrogen-bond acceptors (Lipinski definition) is 2. The fourth-order valence-corrected chi connectivity index (χ4v) is 0.860. The number of benzene rings is 1. The molecule has 0 aliphatic heterocycles. The molecule has 82 valence electrons. The molecule has 0 spiro atoms. The van der Waals surface area contributed by atoms with Gasteiger partial charge in [0.2, 0.25) is 0 Å². The van der Waals surface area contributed by atoms with Crippen LogP contribution < -0.4 is 0 Å². The second-order valence-corrected chi connectivity index (χ2v) is 2.62. The maximum Gasteiger partial charge on any atom is 0.454 e. The number of halogens is 5. The van der Waals surface area contributed by atoms with Crippen LogP contribution >= 0.6 is 0 Å². The standard InChI is InChI=1S/C8H3F5O2/c9-4-1-3(2-5(10)6(4)14)7(15)8(11,12)13/h1-2,14H. The van der Waals surface area contributed by atoms with Gasteiger partial charge >= 0.3 is 6.18 Å². The van der Waals surface area contributed by atoms with E-state index in [-0.39, 0.29) is 12.1 Å². The molecular formula is C8H3F5O2. The summed E-state index contributed by atoms with van der Waals surface area (Å²) in [5.41, 5.74) is -1.20. The van der Waals surface area contributed by atoms with Gasteiger partial charge in [0.05, 0.1) is 0 Å². The number of ketones is 1. The van der Waals surface area contributed by atoms with Crippen molar-refractivity contribution in [2.24, 2.45) is 0 Å². The molecule has 1 N–H and O–H groups in total. The molecule has 1 rings (SSSR count). The Morgan fingerprint density at radius 1 is 1.13 bits per heavy atom. The van der Waals surface area contributed by atoms with E-state index in [1.54, 1.807) is 0 Å². The van der Waals surface area contributed by atoms with Crippen molar-refractivity contribution in [1.29, 1.82) is 0 Å². The number of hydrogen-bond donors (Lipinski definition) is 1. The van der Waals surface area contributed by atoms with Crippen LogP contribution in [-0.2, 0) is 0 Å². The van der Waals surface area contributed by atoms with Gasteiger partial charge < -0.3 is 5.11 Å². The molecule has 0 saturated carbocycles. The Bertz CT molecular complexity index is 387. The zero-order valence-electron chi connectivity index (χ0n) is 6.90. The van der Waals surface area contributed by atoms with E-state index in [9.17, 15) is 26.7 Å². The normalized spacial score (nSPS) is 11.5. The summed E-state index contributed by atoms with van der Waals surface area (Å²) in [6.07, 6.45) is -5.21. The number of phenolic OH excluding ortho intramolecular Hbond substituents is 1. The molecule has 0 bridgehead atoms. The average molecular weight is 226 g/mol. The molecule has 0 aliphatic rings. The van der Waals surface area contributed by atoms with Crippen molar-refractivity contribution >= 4 is 5.78 Å². The highest BCUT2D eigenvalue weighted by Crippen LogP contribution is 2.26. The van der Waals surface area contributed by atoms with Gasteiger partial charge in [-0.3, -0.25) is 4.79 Å². The fourth-order valence-electron chi connectivity index (χ4n) is 0.860. The number of aromatic hydroxyl groups is 1. The first-order chi connectivity index (χ1) is 6.73. The molecule has 0 radical (unpaired) electrons. The lowest BCUT2D eigenvalue weighted by Gasteiger charge is -2.06. The van der Waals surface area contributed by atoms with Crippen LogP contribution in [-0.4, -0.2) is 17.1 Å². The lowest BCUT2D eigenvalue weighted by atomic mass is 10.1. The van der Waals surface area contributed by atoms with Gasteiger partial charge in [-0.1, -0.05) is 0 Å². The Morgan fingerprint density at radius 3 is 1.87 bits per heavy atom. The Hall–Kier alpha value is -1.66. The number of carbonyl (C=O) groups is 1. The SMILES string of the molecule is O=C(c1cc(F)c(O)c(F)c1)C(F)(F)F. The van der Waals surface area contributed by atoms with Gasteiger partial charge in [0.1, 0.15) is 0 Å². The summed E-state index contributed by atoms with van der Waals surface area (Å²) in [7, 11) is 0. The first-order valence-corrected chi connectivity index (χ1v) is 3.53. The minimum Gasteiger partial charge on any atom is -0.503 e. The van der Waals surface area contributed by atoms with Crippen molar-refractivity contribution in [2.75, 3.05) is 0 Å². The molecule has 1 aromatic rings. The van der Waals surface area contributed by atoms with Crippen molar-refractivity contribution < 1.29 is 31.9 Å². The van der Waals surface area contributed by atoms with E-state index >= 15 is 0 Å². The highest BCUT2D eigenvalue weighted by atomic mass is 19.4. The molecule has 0 heterocycles. The molecule has 15 heavy (non-hydrogen) atoms. The summed E-state index contributed by atoms with van der Waals surface area (Å²) in [4.78, 5) is 10.5. The Kier molecular flexibility index (Phi) is 2.65. The summed E-state index contributed by atoms with van der Waals surface area (Å²) in [5, 5.41) is 8.57. The second kappa shape index (κ2) is 3.48. The van der Waals surface area contributed by atoms with E-state index in [1.807, 2.05) is 0 Å². The zero-order valence-corrected chi connectivity index (χ0v) is 6.90. The highest BCUT2D eigenvalue weighted by Gasteiger charge is 2.39. The maximum absolute atomic E-state index is 12.6. The van der Waals surface area contributed by atoms with Crippen LogP contribution in [0.3, 0.4) is 0 Å². The quantitative estimate of drug-likeness (QED) is 0.589. The van der Waals surface area contributed by atoms with Gasteiger partial charge in [0.25, 0.3) is 5.78 Å². The Labute approximate surface area is 79.9 Å². The summed E-state index contributed by atoms with van der Waals surface area (Å²) < 4.78 is 60.7. The third-order valence-electron chi connectivity index (χ3n) is 1.54. The van der Waals surface area contributed by atoms with E-state index in [0.717, 1.165) is 0 Å². The predicted molar refractivity (Wildman–Crippen MR) is 38.4 cm³/mol. The van der Waals surface area contributed by atoms with Crippen molar-refractivity contribution in [3.63, 3.8) is 0 Å². The summed E-state index contributed by atoms with van der Waals surface area (Å²) in [6, 6.07) is 0.239. The van der Waals surface area contributed by atoms with Crippen molar-refractivity contribution in [3.8, 4) is 5.75 Å².